The fraction of sp³-hybridized carbons (Fsp3) is 0.154. The molecule has 7 heteroatoms. The number of nitriles is 1. The topological polar surface area (TPSA) is 85.6 Å². The van der Waals surface area contributed by atoms with Gasteiger partial charge >= 0.3 is 0 Å². The molecule has 0 radical (unpaired) electrons. The number of anilines is 2. The highest BCUT2D eigenvalue weighted by Gasteiger charge is 2.30. The van der Waals surface area contributed by atoms with Crippen LogP contribution in [-0.2, 0) is 9.53 Å². The monoisotopic (exact) mass is 457 g/mol. The first-order valence-electron chi connectivity index (χ1n) is 10.6. The number of ether oxygens (including phenoxy) is 1. The maximum Gasteiger partial charge on any atom is 0.260 e. The second kappa shape index (κ2) is 8.62. The third kappa shape index (κ3) is 3.93. The van der Waals surface area contributed by atoms with Crippen molar-refractivity contribution in [2.45, 2.75) is 0 Å². The number of hydrogen-bond donors (Lipinski definition) is 2. The second-order valence-corrected chi connectivity index (χ2v) is 8.30. The molecule has 0 atom stereocenters. The van der Waals surface area contributed by atoms with Crippen molar-refractivity contribution < 1.29 is 14.6 Å². The standard InChI is InChI=1S/C26H20ClN3O3/c27-22-14-23-21(24(26(32)29-23)25(31)18-3-1-2-16(12-18)15-28)13-20(22)17-4-6-19(7-5-17)30-8-10-33-11-9-30/h1-7,12-14,31H,8-11H2,(H,29,32). The van der Waals surface area contributed by atoms with Gasteiger partial charge in [0.25, 0.3) is 5.91 Å². The summed E-state index contributed by atoms with van der Waals surface area (Å²) in [5.41, 5.74) is 4.85. The predicted octanol–water partition coefficient (Wildman–Crippen LogP) is 5.09. The summed E-state index contributed by atoms with van der Waals surface area (Å²) < 4.78 is 5.42. The maximum atomic E-state index is 12.7. The van der Waals surface area contributed by atoms with Crippen molar-refractivity contribution in [1.82, 2.24) is 0 Å². The van der Waals surface area contributed by atoms with Gasteiger partial charge in [-0.3, -0.25) is 4.79 Å². The van der Waals surface area contributed by atoms with E-state index in [0.717, 1.165) is 43.1 Å². The summed E-state index contributed by atoms with van der Waals surface area (Å²) in [6, 6.07) is 20.2. The Kier molecular flexibility index (Phi) is 5.51. The van der Waals surface area contributed by atoms with Crippen molar-refractivity contribution in [2.75, 3.05) is 36.5 Å². The van der Waals surface area contributed by atoms with Gasteiger partial charge in [0.1, 0.15) is 5.76 Å². The molecule has 3 aromatic rings. The van der Waals surface area contributed by atoms with E-state index in [1.54, 1.807) is 30.3 Å². The summed E-state index contributed by atoms with van der Waals surface area (Å²) in [5.74, 6) is -0.597. The number of halogens is 1. The van der Waals surface area contributed by atoms with Crippen molar-refractivity contribution in [2.24, 2.45) is 0 Å². The first kappa shape index (κ1) is 21.1. The Labute approximate surface area is 196 Å². The van der Waals surface area contributed by atoms with Crippen LogP contribution in [0.4, 0.5) is 11.4 Å². The molecule has 164 valence electrons. The van der Waals surface area contributed by atoms with Gasteiger partial charge in [0, 0.05) is 35.5 Å². The lowest BCUT2D eigenvalue weighted by Crippen LogP contribution is -2.36. The summed E-state index contributed by atoms with van der Waals surface area (Å²) in [4.78, 5) is 15.0. The summed E-state index contributed by atoms with van der Waals surface area (Å²) in [7, 11) is 0. The van der Waals surface area contributed by atoms with Crippen LogP contribution in [0.25, 0.3) is 22.5 Å². The summed E-state index contributed by atoms with van der Waals surface area (Å²) in [6.07, 6.45) is 0. The van der Waals surface area contributed by atoms with Crippen molar-refractivity contribution in [3.8, 4) is 17.2 Å². The lowest BCUT2D eigenvalue weighted by atomic mass is 9.96. The van der Waals surface area contributed by atoms with E-state index >= 15 is 0 Å². The van der Waals surface area contributed by atoms with E-state index in [4.69, 9.17) is 21.6 Å². The van der Waals surface area contributed by atoms with Crippen LogP contribution in [-0.4, -0.2) is 37.3 Å². The van der Waals surface area contributed by atoms with Crippen LogP contribution in [0.2, 0.25) is 5.02 Å². The number of carbonyl (C=O) groups excluding carboxylic acids is 1. The molecule has 0 saturated carbocycles. The number of rotatable bonds is 3. The van der Waals surface area contributed by atoms with Gasteiger partial charge in [-0.05, 0) is 42.0 Å². The first-order chi connectivity index (χ1) is 16.0. The largest absolute Gasteiger partial charge is 0.506 e. The second-order valence-electron chi connectivity index (χ2n) is 7.89. The number of hydrogen-bond acceptors (Lipinski definition) is 5. The lowest BCUT2D eigenvalue weighted by molar-refractivity contribution is -0.110. The SMILES string of the molecule is N#Cc1cccc(C(O)=C2C(=O)Nc3cc(Cl)c(-c4ccc(N5CCOCC5)cc4)cc32)c1. The first-order valence-corrected chi connectivity index (χ1v) is 10.9. The molecule has 3 aromatic carbocycles. The van der Waals surface area contributed by atoms with Gasteiger partial charge in [0.2, 0.25) is 0 Å². The zero-order valence-electron chi connectivity index (χ0n) is 17.6. The van der Waals surface area contributed by atoms with Crippen LogP contribution in [0.3, 0.4) is 0 Å². The zero-order valence-corrected chi connectivity index (χ0v) is 18.4. The molecule has 33 heavy (non-hydrogen) atoms. The van der Waals surface area contributed by atoms with Gasteiger partial charge in [-0.1, -0.05) is 35.9 Å². The summed E-state index contributed by atoms with van der Waals surface area (Å²) in [5, 5.41) is 23.4. The number of benzene rings is 3. The summed E-state index contributed by atoms with van der Waals surface area (Å²) in [6.45, 7) is 3.14. The Morgan fingerprint density at radius 1 is 1.06 bits per heavy atom. The van der Waals surface area contributed by atoms with Gasteiger partial charge in [0.05, 0.1) is 41.1 Å². The van der Waals surface area contributed by atoms with Crippen LogP contribution in [0, 0.1) is 11.3 Å². The van der Waals surface area contributed by atoms with Gasteiger partial charge < -0.3 is 20.1 Å². The average Bonchev–Trinajstić information content (AvgIpc) is 3.18. The Hall–Kier alpha value is -3.79. The highest BCUT2D eigenvalue weighted by atomic mass is 35.5. The van der Waals surface area contributed by atoms with Gasteiger partial charge in [-0.15, -0.1) is 0 Å². The number of carbonyl (C=O) groups is 1. The van der Waals surface area contributed by atoms with E-state index in [-0.39, 0.29) is 11.3 Å². The number of aliphatic hydroxyl groups is 1. The number of nitrogens with zero attached hydrogens (tertiary/aromatic N) is 2. The maximum absolute atomic E-state index is 12.7. The molecule has 5 rings (SSSR count). The third-order valence-electron chi connectivity index (χ3n) is 5.91. The van der Waals surface area contributed by atoms with E-state index in [9.17, 15) is 9.90 Å². The molecule has 1 fully saturated rings. The minimum absolute atomic E-state index is 0.156. The minimum atomic E-state index is -0.416. The van der Waals surface area contributed by atoms with Crippen LogP contribution < -0.4 is 10.2 Å². The minimum Gasteiger partial charge on any atom is -0.506 e. The number of fused-ring (bicyclic) bond motifs is 1. The fourth-order valence-corrected chi connectivity index (χ4v) is 4.47. The lowest BCUT2D eigenvalue weighted by Gasteiger charge is -2.29. The quantitative estimate of drug-likeness (QED) is 0.422. The predicted molar refractivity (Wildman–Crippen MR) is 129 cm³/mol. The van der Waals surface area contributed by atoms with Gasteiger partial charge in [-0.2, -0.15) is 5.26 Å². The molecule has 0 aliphatic carbocycles. The van der Waals surface area contributed by atoms with Gasteiger partial charge in [0.15, 0.2) is 0 Å². The number of morpholine rings is 1. The summed E-state index contributed by atoms with van der Waals surface area (Å²) >= 11 is 6.57. The van der Waals surface area contributed by atoms with Crippen LogP contribution in [0.15, 0.2) is 60.7 Å². The molecule has 0 bridgehead atoms. The average molecular weight is 458 g/mol. The molecular formula is C26H20ClN3O3. The normalized spacial score (nSPS) is 16.7. The van der Waals surface area contributed by atoms with E-state index in [2.05, 4.69) is 22.3 Å². The van der Waals surface area contributed by atoms with Crippen molar-refractivity contribution in [3.63, 3.8) is 0 Å². The molecule has 0 spiro atoms. The number of nitrogens with one attached hydrogen (secondary N) is 1. The molecule has 2 aliphatic heterocycles. The molecule has 1 amide bonds. The van der Waals surface area contributed by atoms with Crippen molar-refractivity contribution in [3.05, 3.63) is 82.4 Å². The Bertz CT molecular complexity index is 1320. The van der Waals surface area contributed by atoms with E-state index in [0.29, 0.717) is 27.4 Å². The highest BCUT2D eigenvalue weighted by Crippen LogP contribution is 2.42. The molecule has 2 aliphatic rings. The third-order valence-corrected chi connectivity index (χ3v) is 6.22. The molecule has 0 unspecified atom stereocenters. The zero-order chi connectivity index (χ0) is 22.9. The molecule has 0 aromatic heterocycles. The van der Waals surface area contributed by atoms with Gasteiger partial charge in [-0.25, -0.2) is 0 Å². The highest BCUT2D eigenvalue weighted by molar-refractivity contribution is 6.38. The van der Waals surface area contributed by atoms with Crippen LogP contribution in [0.1, 0.15) is 16.7 Å². The number of amides is 1. The molecule has 6 nitrogen and oxygen atoms in total. The molecule has 2 N–H and O–H groups in total. The van der Waals surface area contributed by atoms with E-state index in [1.807, 2.05) is 24.3 Å². The molecular weight excluding hydrogens is 438 g/mol. The fourth-order valence-electron chi connectivity index (χ4n) is 4.20. The Morgan fingerprint density at radius 2 is 1.82 bits per heavy atom. The van der Waals surface area contributed by atoms with E-state index < -0.39 is 5.91 Å². The van der Waals surface area contributed by atoms with E-state index in [1.165, 1.54) is 0 Å². The Morgan fingerprint density at radius 3 is 2.55 bits per heavy atom. The van der Waals surface area contributed by atoms with Crippen LogP contribution in [0.5, 0.6) is 0 Å². The van der Waals surface area contributed by atoms with Crippen molar-refractivity contribution in [1.29, 1.82) is 5.26 Å². The van der Waals surface area contributed by atoms with Crippen molar-refractivity contribution >= 4 is 40.2 Å². The van der Waals surface area contributed by atoms with Crippen LogP contribution >= 0.6 is 11.6 Å². The Balaban J connectivity index is 1.55. The molecule has 1 saturated heterocycles. The smallest absolute Gasteiger partial charge is 0.260 e. The number of aliphatic hydroxyl groups excluding tert-OH is 1. The molecule has 2 heterocycles.